The van der Waals surface area contributed by atoms with E-state index in [0.29, 0.717) is 11.3 Å². The summed E-state index contributed by atoms with van der Waals surface area (Å²) < 4.78 is 60.7. The highest BCUT2D eigenvalue weighted by Crippen LogP contribution is 2.14. The highest BCUT2D eigenvalue weighted by atomic mass is 32.2. The number of carbonyl (C=O) groups excluding carboxylic acids is 1. The molecule has 0 atom stereocenters. The zero-order valence-corrected chi connectivity index (χ0v) is 12.0. The van der Waals surface area contributed by atoms with E-state index in [1.807, 2.05) is 0 Å². The summed E-state index contributed by atoms with van der Waals surface area (Å²) in [6, 6.07) is 5.83. The molecule has 1 aromatic carbocycles. The Balaban J connectivity index is 2.57. The van der Waals surface area contributed by atoms with Gasteiger partial charge in [0, 0.05) is 5.69 Å². The van der Waals surface area contributed by atoms with Crippen molar-refractivity contribution in [2.45, 2.75) is 19.5 Å². The Morgan fingerprint density at radius 2 is 1.76 bits per heavy atom. The zero-order chi connectivity index (χ0) is 16.1. The molecule has 0 saturated carbocycles. The molecule has 2 N–H and O–H groups in total. The topological polar surface area (TPSA) is 75.3 Å². The van der Waals surface area contributed by atoms with Crippen molar-refractivity contribution in [1.29, 1.82) is 0 Å². The molecule has 5 nitrogen and oxygen atoms in total. The van der Waals surface area contributed by atoms with Gasteiger partial charge >= 0.3 is 6.18 Å². The van der Waals surface area contributed by atoms with Gasteiger partial charge in [0.1, 0.15) is 6.54 Å². The summed E-state index contributed by atoms with van der Waals surface area (Å²) in [6.45, 7) is 0.113. The molecule has 9 heteroatoms. The predicted molar refractivity (Wildman–Crippen MR) is 72.3 cm³/mol. The second-order valence-electron chi connectivity index (χ2n) is 4.27. The molecule has 0 unspecified atom stereocenters. The predicted octanol–water partition coefficient (Wildman–Crippen LogP) is 1.67. The van der Waals surface area contributed by atoms with Crippen LogP contribution in [-0.4, -0.2) is 32.8 Å². The smallest absolute Gasteiger partial charge is 0.347 e. The fourth-order valence-corrected chi connectivity index (χ4v) is 2.03. The van der Waals surface area contributed by atoms with Gasteiger partial charge in [0.05, 0.1) is 12.2 Å². The number of nitrogens with one attached hydrogen (secondary N) is 2. The normalized spacial score (nSPS) is 12.0. The Kier molecular flexibility index (Phi) is 5.59. The van der Waals surface area contributed by atoms with Crippen molar-refractivity contribution in [2.75, 3.05) is 17.0 Å². The largest absolute Gasteiger partial charge is 0.405 e. The van der Waals surface area contributed by atoms with E-state index in [9.17, 15) is 26.4 Å². The van der Waals surface area contributed by atoms with Crippen LogP contribution in [0.5, 0.6) is 0 Å². The van der Waals surface area contributed by atoms with Crippen molar-refractivity contribution in [2.24, 2.45) is 0 Å². The van der Waals surface area contributed by atoms with E-state index in [1.54, 1.807) is 5.32 Å². The van der Waals surface area contributed by atoms with Gasteiger partial charge in [0.25, 0.3) is 0 Å². The molecule has 0 aliphatic carbocycles. The van der Waals surface area contributed by atoms with E-state index in [4.69, 9.17) is 0 Å². The van der Waals surface area contributed by atoms with Crippen molar-refractivity contribution < 1.29 is 26.4 Å². The molecule has 0 saturated heterocycles. The van der Waals surface area contributed by atoms with Crippen molar-refractivity contribution >= 4 is 21.6 Å². The third-order valence-corrected chi connectivity index (χ3v) is 3.76. The van der Waals surface area contributed by atoms with Crippen LogP contribution in [-0.2, 0) is 21.2 Å². The number of carbonyl (C=O) groups is 1. The number of hydrogen-bond donors (Lipinski definition) is 2. The van der Waals surface area contributed by atoms with Crippen molar-refractivity contribution in [3.05, 3.63) is 29.8 Å². The number of anilines is 1. The van der Waals surface area contributed by atoms with Gasteiger partial charge in [-0.3, -0.25) is 9.52 Å². The van der Waals surface area contributed by atoms with Gasteiger partial charge in [-0.2, -0.15) is 13.2 Å². The van der Waals surface area contributed by atoms with Crippen molar-refractivity contribution in [1.82, 2.24) is 5.32 Å². The van der Waals surface area contributed by atoms with Crippen LogP contribution in [0.3, 0.4) is 0 Å². The van der Waals surface area contributed by atoms with E-state index < -0.39 is 28.7 Å². The fraction of sp³-hybridized carbons (Fsp3) is 0.417. The van der Waals surface area contributed by atoms with E-state index in [-0.39, 0.29) is 12.2 Å². The lowest BCUT2D eigenvalue weighted by Gasteiger charge is -2.09. The fourth-order valence-electron chi connectivity index (χ4n) is 1.39. The number of rotatable bonds is 6. The zero-order valence-electron chi connectivity index (χ0n) is 11.2. The maximum Gasteiger partial charge on any atom is 0.405 e. The molecule has 1 aromatic rings. The van der Waals surface area contributed by atoms with Gasteiger partial charge in [-0.05, 0) is 24.6 Å². The van der Waals surface area contributed by atoms with Crippen LogP contribution in [0.1, 0.15) is 12.5 Å². The van der Waals surface area contributed by atoms with Gasteiger partial charge in [-0.15, -0.1) is 0 Å². The summed E-state index contributed by atoms with van der Waals surface area (Å²) in [7, 11) is -3.39. The summed E-state index contributed by atoms with van der Waals surface area (Å²) in [5.74, 6) is -0.830. The van der Waals surface area contributed by atoms with Crippen LogP contribution in [0.15, 0.2) is 24.3 Å². The van der Waals surface area contributed by atoms with Crippen LogP contribution >= 0.6 is 0 Å². The molecule has 0 aliphatic rings. The Morgan fingerprint density at radius 1 is 1.19 bits per heavy atom. The summed E-state index contributed by atoms with van der Waals surface area (Å²) >= 11 is 0. The molecular weight excluding hydrogens is 309 g/mol. The second-order valence-corrected chi connectivity index (χ2v) is 6.28. The molecule has 0 aromatic heterocycles. The summed E-state index contributed by atoms with van der Waals surface area (Å²) in [4.78, 5) is 11.3. The first kappa shape index (κ1) is 17.3. The minimum absolute atomic E-state index is 0.0748. The Hall–Kier alpha value is -1.77. The van der Waals surface area contributed by atoms with Crippen molar-refractivity contribution in [3.63, 3.8) is 0 Å². The number of amides is 1. The molecule has 21 heavy (non-hydrogen) atoms. The lowest BCUT2D eigenvalue weighted by atomic mass is 10.1. The number of benzene rings is 1. The molecule has 1 amide bonds. The first-order valence-electron chi connectivity index (χ1n) is 6.04. The lowest BCUT2D eigenvalue weighted by Crippen LogP contribution is -2.34. The van der Waals surface area contributed by atoms with Crippen LogP contribution in [0.4, 0.5) is 18.9 Å². The second kappa shape index (κ2) is 6.79. The third kappa shape index (κ3) is 6.98. The van der Waals surface area contributed by atoms with Crippen molar-refractivity contribution in [3.8, 4) is 0 Å². The Morgan fingerprint density at radius 3 is 2.24 bits per heavy atom. The summed E-state index contributed by atoms with van der Waals surface area (Å²) in [5, 5.41) is 1.76. The molecule has 0 bridgehead atoms. The van der Waals surface area contributed by atoms with Gasteiger partial charge in [0.2, 0.25) is 15.9 Å². The number of sulfonamides is 1. The highest BCUT2D eigenvalue weighted by Gasteiger charge is 2.27. The minimum Gasteiger partial charge on any atom is -0.347 e. The van der Waals surface area contributed by atoms with Crippen LogP contribution < -0.4 is 10.0 Å². The Bertz CT molecular complexity index is 583. The van der Waals surface area contributed by atoms with Crippen LogP contribution in [0, 0.1) is 0 Å². The summed E-state index contributed by atoms with van der Waals surface area (Å²) in [6.07, 6.45) is -4.66. The molecule has 0 heterocycles. The Labute approximate surface area is 120 Å². The molecule has 0 spiro atoms. The lowest BCUT2D eigenvalue weighted by molar-refractivity contribution is -0.138. The van der Waals surface area contributed by atoms with E-state index >= 15 is 0 Å². The van der Waals surface area contributed by atoms with Gasteiger partial charge in [0.15, 0.2) is 0 Å². The van der Waals surface area contributed by atoms with Gasteiger partial charge in [-0.25, -0.2) is 8.42 Å². The summed E-state index contributed by atoms with van der Waals surface area (Å²) in [5.41, 5.74) is 0.811. The molecular formula is C12H15F3N2O3S. The maximum atomic E-state index is 11.9. The number of alkyl halides is 3. The standard InChI is InChI=1S/C12H15F3N2O3S/c1-2-21(19,20)17-10-5-3-9(4-6-10)7-11(18)16-8-12(13,14)15/h3-6,17H,2,7-8H2,1H3,(H,16,18). The van der Waals surface area contributed by atoms with E-state index in [1.165, 1.54) is 31.2 Å². The molecule has 0 fully saturated rings. The highest BCUT2D eigenvalue weighted by molar-refractivity contribution is 7.92. The quantitative estimate of drug-likeness (QED) is 0.836. The maximum absolute atomic E-state index is 11.9. The average molecular weight is 324 g/mol. The SMILES string of the molecule is CCS(=O)(=O)Nc1ccc(CC(=O)NCC(F)(F)F)cc1. The average Bonchev–Trinajstić information content (AvgIpc) is 2.38. The number of hydrogen-bond acceptors (Lipinski definition) is 3. The molecule has 0 aliphatic heterocycles. The molecule has 0 radical (unpaired) electrons. The van der Waals surface area contributed by atoms with E-state index in [0.717, 1.165) is 0 Å². The van der Waals surface area contributed by atoms with Crippen LogP contribution in [0.25, 0.3) is 0 Å². The monoisotopic (exact) mass is 324 g/mol. The van der Waals surface area contributed by atoms with E-state index in [2.05, 4.69) is 4.72 Å². The third-order valence-electron chi connectivity index (χ3n) is 2.46. The van der Waals surface area contributed by atoms with Gasteiger partial charge < -0.3 is 5.32 Å². The minimum atomic E-state index is -4.45. The first-order chi connectivity index (χ1) is 9.61. The van der Waals surface area contributed by atoms with Gasteiger partial charge in [-0.1, -0.05) is 12.1 Å². The molecule has 1 rings (SSSR count). The van der Waals surface area contributed by atoms with Crippen LogP contribution in [0.2, 0.25) is 0 Å². The number of halogens is 3. The molecule has 118 valence electrons. The first-order valence-corrected chi connectivity index (χ1v) is 7.69.